The minimum absolute atomic E-state index is 0.0659. The number of ether oxygens (including phenoxy) is 1. The molecule has 1 fully saturated rings. The van der Waals surface area contributed by atoms with Crippen molar-refractivity contribution >= 4 is 17.4 Å². The van der Waals surface area contributed by atoms with Crippen molar-refractivity contribution < 1.29 is 9.84 Å². The lowest BCUT2D eigenvalue weighted by Gasteiger charge is -2.30. The molecule has 0 bridgehead atoms. The maximum atomic E-state index is 10.0. The summed E-state index contributed by atoms with van der Waals surface area (Å²) < 4.78 is 5.41. The van der Waals surface area contributed by atoms with Gasteiger partial charge in [-0.25, -0.2) is 0 Å². The molecule has 0 spiro atoms. The van der Waals surface area contributed by atoms with E-state index in [9.17, 15) is 5.11 Å². The zero-order valence-electron chi connectivity index (χ0n) is 10.7. The Kier molecular flexibility index (Phi) is 3.86. The molecule has 2 atom stereocenters. The molecule has 1 saturated carbocycles. The number of hydrogen-bond acceptors (Lipinski definition) is 5. The van der Waals surface area contributed by atoms with Crippen LogP contribution in [-0.4, -0.2) is 34.1 Å². The molecule has 6 heteroatoms. The second-order valence-corrected chi connectivity index (χ2v) is 5.56. The van der Waals surface area contributed by atoms with E-state index in [2.05, 4.69) is 15.5 Å². The van der Waals surface area contributed by atoms with Gasteiger partial charge >= 0.3 is 0 Å². The molecule has 2 heterocycles. The molecule has 3 rings (SSSR count). The van der Waals surface area contributed by atoms with Crippen LogP contribution in [0.4, 0.5) is 5.82 Å². The molecule has 0 aromatic carbocycles. The molecular weight excluding hydrogens is 266 g/mol. The molecule has 2 aliphatic rings. The normalized spacial score (nSPS) is 26.8. The number of aromatic nitrogens is 2. The van der Waals surface area contributed by atoms with Gasteiger partial charge < -0.3 is 15.2 Å². The molecule has 1 aromatic rings. The van der Waals surface area contributed by atoms with Crippen LogP contribution in [0.5, 0.6) is 0 Å². The average Bonchev–Trinajstić information content (AvgIpc) is 2.44. The molecule has 0 saturated heterocycles. The summed E-state index contributed by atoms with van der Waals surface area (Å²) in [4.78, 5) is 0. The number of halogens is 1. The van der Waals surface area contributed by atoms with Crippen molar-refractivity contribution in [2.75, 3.05) is 11.9 Å². The Morgan fingerprint density at radius 3 is 2.89 bits per heavy atom. The van der Waals surface area contributed by atoms with Gasteiger partial charge in [-0.05, 0) is 19.3 Å². The van der Waals surface area contributed by atoms with Gasteiger partial charge in [0.25, 0.3) is 0 Å². The maximum absolute atomic E-state index is 10.0. The van der Waals surface area contributed by atoms with E-state index in [4.69, 9.17) is 16.3 Å². The molecule has 0 unspecified atom stereocenters. The zero-order valence-corrected chi connectivity index (χ0v) is 11.5. The largest absolute Gasteiger partial charge is 0.391 e. The first-order chi connectivity index (χ1) is 9.25. The quantitative estimate of drug-likeness (QED) is 0.868. The lowest BCUT2D eigenvalue weighted by atomic mass is 9.92. The Morgan fingerprint density at radius 1 is 1.21 bits per heavy atom. The molecule has 1 aromatic heterocycles. The third-order valence-electron chi connectivity index (χ3n) is 3.93. The molecule has 1 aliphatic heterocycles. The number of aliphatic hydroxyl groups excluding tert-OH is 1. The van der Waals surface area contributed by atoms with Crippen LogP contribution >= 0.6 is 11.6 Å². The summed E-state index contributed by atoms with van der Waals surface area (Å²) in [7, 11) is 0. The Morgan fingerprint density at radius 2 is 2.05 bits per heavy atom. The van der Waals surface area contributed by atoms with E-state index in [0.717, 1.165) is 49.0 Å². The van der Waals surface area contributed by atoms with Crippen LogP contribution in [0.25, 0.3) is 0 Å². The molecular formula is C13H18ClN3O2. The van der Waals surface area contributed by atoms with Crippen molar-refractivity contribution in [1.29, 1.82) is 0 Å². The minimum Gasteiger partial charge on any atom is -0.391 e. The molecule has 1 aliphatic carbocycles. The first kappa shape index (κ1) is 13.1. The molecule has 5 nitrogen and oxygen atoms in total. The van der Waals surface area contributed by atoms with Gasteiger partial charge in [-0.3, -0.25) is 0 Å². The van der Waals surface area contributed by atoms with Gasteiger partial charge in [-0.15, -0.1) is 10.2 Å². The maximum Gasteiger partial charge on any atom is 0.157 e. The van der Waals surface area contributed by atoms with E-state index in [1.54, 1.807) is 0 Å². The van der Waals surface area contributed by atoms with Gasteiger partial charge in [0.05, 0.1) is 25.4 Å². The number of nitrogens with one attached hydrogen (secondary N) is 1. The van der Waals surface area contributed by atoms with Crippen molar-refractivity contribution in [1.82, 2.24) is 10.2 Å². The highest BCUT2D eigenvalue weighted by atomic mass is 35.5. The van der Waals surface area contributed by atoms with Crippen LogP contribution in [0, 0.1) is 0 Å². The first-order valence-corrected chi connectivity index (χ1v) is 7.20. The summed E-state index contributed by atoms with van der Waals surface area (Å²) in [5, 5.41) is 21.9. The van der Waals surface area contributed by atoms with Crippen molar-refractivity contribution in [3.8, 4) is 0 Å². The first-order valence-electron chi connectivity index (χ1n) is 6.82. The van der Waals surface area contributed by atoms with Gasteiger partial charge in [0.15, 0.2) is 11.0 Å². The number of nitrogens with zero attached hydrogens (tertiary/aromatic N) is 2. The topological polar surface area (TPSA) is 67.3 Å². The van der Waals surface area contributed by atoms with E-state index in [1.165, 1.54) is 0 Å². The van der Waals surface area contributed by atoms with E-state index in [0.29, 0.717) is 18.4 Å². The monoisotopic (exact) mass is 283 g/mol. The fourth-order valence-corrected chi connectivity index (χ4v) is 3.02. The van der Waals surface area contributed by atoms with Crippen LogP contribution in [0.2, 0.25) is 5.15 Å². The summed E-state index contributed by atoms with van der Waals surface area (Å²) in [6.07, 6.45) is 4.54. The molecule has 19 heavy (non-hydrogen) atoms. The molecule has 0 radical (unpaired) electrons. The van der Waals surface area contributed by atoms with Crippen LogP contribution in [0.1, 0.15) is 36.8 Å². The summed E-state index contributed by atoms with van der Waals surface area (Å²) in [5.74, 6) is 0.758. The highest BCUT2D eigenvalue weighted by molar-refractivity contribution is 6.30. The standard InChI is InChI=1S/C13H18ClN3O2/c14-12-9-7-19-6-5-8(9)13(17-16-12)15-10-3-1-2-4-11(10)18/h10-11,18H,1-7H2,(H,15,17)/t10-,11+/m1/s1. The van der Waals surface area contributed by atoms with Crippen molar-refractivity contribution in [3.63, 3.8) is 0 Å². The predicted molar refractivity (Wildman–Crippen MR) is 72.3 cm³/mol. The number of fused-ring (bicyclic) bond motifs is 1. The van der Waals surface area contributed by atoms with Gasteiger partial charge in [0.2, 0.25) is 0 Å². The summed E-state index contributed by atoms with van der Waals surface area (Å²) in [5.41, 5.74) is 2.01. The van der Waals surface area contributed by atoms with Crippen molar-refractivity contribution in [2.24, 2.45) is 0 Å². The third-order valence-corrected chi connectivity index (χ3v) is 4.24. The highest BCUT2D eigenvalue weighted by Gasteiger charge is 2.26. The number of hydrogen-bond donors (Lipinski definition) is 2. The number of anilines is 1. The lowest BCUT2D eigenvalue weighted by molar-refractivity contribution is 0.109. The Bertz CT molecular complexity index is 469. The summed E-state index contributed by atoms with van der Waals surface area (Å²) >= 11 is 6.05. The summed E-state index contributed by atoms with van der Waals surface area (Å²) in [6, 6.07) is 0.0659. The van der Waals surface area contributed by atoms with Crippen LogP contribution < -0.4 is 5.32 Å². The van der Waals surface area contributed by atoms with E-state index in [1.807, 2.05) is 0 Å². The van der Waals surface area contributed by atoms with Crippen molar-refractivity contribution in [3.05, 3.63) is 16.3 Å². The van der Waals surface area contributed by atoms with E-state index >= 15 is 0 Å². The van der Waals surface area contributed by atoms with Crippen LogP contribution in [0.15, 0.2) is 0 Å². The zero-order chi connectivity index (χ0) is 13.2. The Hall–Kier alpha value is -0.910. The van der Waals surface area contributed by atoms with Gasteiger partial charge in [-0.1, -0.05) is 24.4 Å². The fraction of sp³-hybridized carbons (Fsp3) is 0.692. The smallest absolute Gasteiger partial charge is 0.157 e. The Balaban J connectivity index is 1.84. The highest BCUT2D eigenvalue weighted by Crippen LogP contribution is 2.29. The van der Waals surface area contributed by atoms with Crippen LogP contribution in [-0.2, 0) is 17.8 Å². The number of aliphatic hydroxyl groups is 1. The SMILES string of the molecule is O[C@H]1CCCC[C@H]1Nc1nnc(Cl)c2c1CCOC2. The van der Waals surface area contributed by atoms with E-state index in [-0.39, 0.29) is 12.1 Å². The molecule has 104 valence electrons. The third kappa shape index (κ3) is 2.68. The fourth-order valence-electron chi connectivity index (χ4n) is 2.82. The van der Waals surface area contributed by atoms with Crippen molar-refractivity contribution in [2.45, 2.75) is 50.9 Å². The van der Waals surface area contributed by atoms with Gasteiger partial charge in [0, 0.05) is 11.1 Å². The second kappa shape index (κ2) is 5.61. The minimum atomic E-state index is -0.304. The average molecular weight is 284 g/mol. The lowest BCUT2D eigenvalue weighted by Crippen LogP contribution is -2.37. The van der Waals surface area contributed by atoms with Gasteiger partial charge in [0.1, 0.15) is 0 Å². The van der Waals surface area contributed by atoms with Crippen LogP contribution in [0.3, 0.4) is 0 Å². The second-order valence-electron chi connectivity index (χ2n) is 5.20. The molecule has 2 N–H and O–H groups in total. The Labute approximate surface area is 117 Å². The predicted octanol–water partition coefficient (Wildman–Crippen LogP) is 1.92. The van der Waals surface area contributed by atoms with Gasteiger partial charge in [-0.2, -0.15) is 0 Å². The van der Waals surface area contributed by atoms with E-state index < -0.39 is 0 Å². The summed E-state index contributed by atoms with van der Waals surface area (Å²) in [6.45, 7) is 1.17. The number of rotatable bonds is 2. The molecule has 0 amide bonds.